The van der Waals surface area contributed by atoms with E-state index in [4.69, 9.17) is 9.97 Å². The molecule has 1 aliphatic heterocycles. The SMILES string of the molecule is O=C(O)N1CCC[C@@H](Nc2cc(-c3cncc(O)c3)nc(-c3cnn4ccccc34)n2)C1. The molecule has 32 heavy (non-hydrogen) atoms. The number of piperidine rings is 1. The number of anilines is 1. The average molecular weight is 431 g/mol. The Labute approximate surface area is 183 Å². The number of nitrogens with zero attached hydrogens (tertiary/aromatic N) is 6. The zero-order valence-electron chi connectivity index (χ0n) is 17.1. The topological polar surface area (TPSA) is 129 Å². The summed E-state index contributed by atoms with van der Waals surface area (Å²) in [4.78, 5) is 26.3. The van der Waals surface area contributed by atoms with Crippen LogP contribution in [0.25, 0.3) is 28.2 Å². The van der Waals surface area contributed by atoms with Crippen molar-refractivity contribution in [1.82, 2.24) is 29.5 Å². The van der Waals surface area contributed by atoms with Crippen molar-refractivity contribution in [2.45, 2.75) is 18.9 Å². The van der Waals surface area contributed by atoms with Gasteiger partial charge in [0, 0.05) is 43.2 Å². The number of nitrogens with one attached hydrogen (secondary N) is 1. The van der Waals surface area contributed by atoms with E-state index in [1.165, 1.54) is 11.1 Å². The van der Waals surface area contributed by atoms with E-state index >= 15 is 0 Å². The molecule has 3 N–H and O–H groups in total. The van der Waals surface area contributed by atoms with Gasteiger partial charge in [-0.1, -0.05) is 6.07 Å². The number of aromatic hydroxyl groups is 1. The third-order valence-electron chi connectivity index (χ3n) is 5.46. The van der Waals surface area contributed by atoms with Gasteiger partial charge < -0.3 is 20.4 Å². The van der Waals surface area contributed by atoms with E-state index in [1.54, 1.807) is 29.0 Å². The standard InChI is InChI=1S/C22H21N7O3/c30-16-8-14(10-23-11-16)18-9-20(25-15-4-3-6-28(13-15)22(31)32)27-21(26-18)17-12-24-29-7-2-1-5-19(17)29/h1-2,5,7-12,15,30H,3-4,6,13H2,(H,31,32)(H,25,26,27)/t15-/m1/s1. The second-order valence-electron chi connectivity index (χ2n) is 7.69. The van der Waals surface area contributed by atoms with Crippen LogP contribution in [0.2, 0.25) is 0 Å². The van der Waals surface area contributed by atoms with E-state index in [0.29, 0.717) is 36.0 Å². The molecule has 0 radical (unpaired) electrons. The molecule has 1 saturated heterocycles. The van der Waals surface area contributed by atoms with Crippen LogP contribution in [0.3, 0.4) is 0 Å². The highest BCUT2D eigenvalue weighted by Crippen LogP contribution is 2.28. The maximum Gasteiger partial charge on any atom is 0.407 e. The van der Waals surface area contributed by atoms with Crippen LogP contribution in [-0.2, 0) is 0 Å². The summed E-state index contributed by atoms with van der Waals surface area (Å²) in [6.07, 6.45) is 7.24. The normalized spacial score (nSPS) is 16.2. The first-order chi connectivity index (χ1) is 15.6. The van der Waals surface area contributed by atoms with Gasteiger partial charge in [0.2, 0.25) is 0 Å². The lowest BCUT2D eigenvalue weighted by Gasteiger charge is -2.31. The summed E-state index contributed by atoms with van der Waals surface area (Å²) in [6.45, 7) is 0.916. The highest BCUT2D eigenvalue weighted by atomic mass is 16.4. The third-order valence-corrected chi connectivity index (χ3v) is 5.46. The second kappa shape index (κ2) is 8.14. The molecule has 0 aromatic carbocycles. The molecule has 0 unspecified atom stereocenters. The van der Waals surface area contributed by atoms with Gasteiger partial charge in [-0.25, -0.2) is 19.3 Å². The number of carbonyl (C=O) groups is 1. The minimum Gasteiger partial charge on any atom is -0.506 e. The predicted molar refractivity (Wildman–Crippen MR) is 117 cm³/mol. The smallest absolute Gasteiger partial charge is 0.407 e. The molecule has 0 spiro atoms. The zero-order chi connectivity index (χ0) is 22.1. The summed E-state index contributed by atoms with van der Waals surface area (Å²) in [5.74, 6) is 1.08. The van der Waals surface area contributed by atoms with Crippen molar-refractivity contribution in [3.63, 3.8) is 0 Å². The first-order valence-electron chi connectivity index (χ1n) is 10.3. The molecule has 5 heterocycles. The van der Waals surface area contributed by atoms with Gasteiger partial charge in [-0.3, -0.25) is 4.98 Å². The molecule has 0 saturated carbocycles. The van der Waals surface area contributed by atoms with Crippen LogP contribution >= 0.6 is 0 Å². The Bertz CT molecular complexity index is 1290. The van der Waals surface area contributed by atoms with Crippen molar-refractivity contribution >= 4 is 17.4 Å². The van der Waals surface area contributed by atoms with Gasteiger partial charge in [0.25, 0.3) is 0 Å². The molecule has 162 valence electrons. The van der Waals surface area contributed by atoms with Gasteiger partial charge in [-0.2, -0.15) is 5.10 Å². The monoisotopic (exact) mass is 431 g/mol. The molecule has 4 aromatic heterocycles. The maximum atomic E-state index is 11.4. The maximum absolute atomic E-state index is 11.4. The number of likely N-dealkylation sites (tertiary alicyclic amines) is 1. The van der Waals surface area contributed by atoms with E-state index < -0.39 is 6.09 Å². The lowest BCUT2D eigenvalue weighted by atomic mass is 10.1. The molecule has 10 nitrogen and oxygen atoms in total. The van der Waals surface area contributed by atoms with Crippen molar-refractivity contribution in [3.8, 4) is 28.4 Å². The minimum atomic E-state index is -0.919. The lowest BCUT2D eigenvalue weighted by molar-refractivity contribution is 0.133. The Morgan fingerprint density at radius 1 is 1.16 bits per heavy atom. The third kappa shape index (κ3) is 3.89. The van der Waals surface area contributed by atoms with Crippen molar-refractivity contribution in [2.75, 3.05) is 18.4 Å². The Hall–Kier alpha value is -4.21. The molecule has 1 fully saturated rings. The molecule has 0 bridgehead atoms. The number of hydrogen-bond acceptors (Lipinski definition) is 7. The molecular formula is C22H21N7O3. The predicted octanol–water partition coefficient (Wildman–Crippen LogP) is 3.11. The van der Waals surface area contributed by atoms with Crippen LogP contribution in [0.5, 0.6) is 5.75 Å². The largest absolute Gasteiger partial charge is 0.506 e. The highest BCUT2D eigenvalue weighted by Gasteiger charge is 2.24. The summed E-state index contributed by atoms with van der Waals surface area (Å²) < 4.78 is 1.75. The highest BCUT2D eigenvalue weighted by molar-refractivity contribution is 5.78. The molecule has 1 aliphatic rings. The van der Waals surface area contributed by atoms with Crippen molar-refractivity contribution < 1.29 is 15.0 Å². The van der Waals surface area contributed by atoms with Crippen molar-refractivity contribution in [1.29, 1.82) is 0 Å². The second-order valence-corrected chi connectivity index (χ2v) is 7.69. The van der Waals surface area contributed by atoms with Gasteiger partial charge in [-0.05, 0) is 31.0 Å². The summed E-state index contributed by atoms with van der Waals surface area (Å²) in [7, 11) is 0. The Balaban J connectivity index is 1.56. The van der Waals surface area contributed by atoms with Crippen LogP contribution in [0.1, 0.15) is 12.8 Å². The fraction of sp³-hybridized carbons (Fsp3) is 0.227. The molecule has 1 amide bonds. The fourth-order valence-corrected chi connectivity index (χ4v) is 3.94. The number of carboxylic acid groups (broad SMARTS) is 1. The van der Waals surface area contributed by atoms with E-state index in [1.807, 2.05) is 24.4 Å². The van der Waals surface area contributed by atoms with Crippen LogP contribution < -0.4 is 5.32 Å². The molecule has 0 aliphatic carbocycles. The number of aromatic nitrogens is 5. The molecule has 1 atom stereocenters. The number of hydrogen-bond donors (Lipinski definition) is 3. The Morgan fingerprint density at radius 2 is 2.06 bits per heavy atom. The summed E-state index contributed by atoms with van der Waals surface area (Å²) in [6, 6.07) is 9.06. The van der Waals surface area contributed by atoms with Crippen LogP contribution in [0.15, 0.2) is 55.1 Å². The first kappa shape index (κ1) is 19.7. The van der Waals surface area contributed by atoms with E-state index in [9.17, 15) is 15.0 Å². The summed E-state index contributed by atoms with van der Waals surface area (Å²) >= 11 is 0. The van der Waals surface area contributed by atoms with Gasteiger partial charge >= 0.3 is 6.09 Å². The molecule has 10 heteroatoms. The van der Waals surface area contributed by atoms with Crippen LogP contribution in [0.4, 0.5) is 10.6 Å². The van der Waals surface area contributed by atoms with Gasteiger partial charge in [-0.15, -0.1) is 0 Å². The minimum absolute atomic E-state index is 0.0394. The van der Waals surface area contributed by atoms with E-state index in [2.05, 4.69) is 15.4 Å². The van der Waals surface area contributed by atoms with E-state index in [-0.39, 0.29) is 11.8 Å². The van der Waals surface area contributed by atoms with E-state index in [0.717, 1.165) is 23.9 Å². The van der Waals surface area contributed by atoms with Crippen molar-refractivity contribution in [3.05, 3.63) is 55.1 Å². The molecular weight excluding hydrogens is 410 g/mol. The van der Waals surface area contributed by atoms with Gasteiger partial charge in [0.1, 0.15) is 11.6 Å². The summed E-state index contributed by atoms with van der Waals surface area (Å²) in [5.41, 5.74) is 2.85. The molecule has 5 rings (SSSR count). The van der Waals surface area contributed by atoms with Crippen LogP contribution in [0, 0.1) is 0 Å². The zero-order valence-corrected chi connectivity index (χ0v) is 17.1. The quantitative estimate of drug-likeness (QED) is 0.450. The first-order valence-corrected chi connectivity index (χ1v) is 10.3. The number of amides is 1. The average Bonchev–Trinajstić information content (AvgIpc) is 3.23. The lowest BCUT2D eigenvalue weighted by Crippen LogP contribution is -2.44. The fourth-order valence-electron chi connectivity index (χ4n) is 3.94. The Morgan fingerprint density at radius 3 is 2.91 bits per heavy atom. The van der Waals surface area contributed by atoms with Crippen LogP contribution in [-0.4, -0.2) is 64.9 Å². The van der Waals surface area contributed by atoms with Gasteiger partial charge in [0.05, 0.1) is 29.2 Å². The van der Waals surface area contributed by atoms with Crippen molar-refractivity contribution in [2.24, 2.45) is 0 Å². The Kier molecular flexibility index (Phi) is 5.02. The molecule has 4 aromatic rings. The summed E-state index contributed by atoms with van der Waals surface area (Å²) in [5, 5.41) is 27.0. The van der Waals surface area contributed by atoms with Gasteiger partial charge in [0.15, 0.2) is 5.82 Å². The number of pyridine rings is 2. The number of rotatable bonds is 4. The number of fused-ring (bicyclic) bond motifs is 1.